The van der Waals surface area contributed by atoms with Crippen molar-refractivity contribution in [1.29, 1.82) is 0 Å². The van der Waals surface area contributed by atoms with Crippen LogP contribution in [0.5, 0.6) is 0 Å². The molecule has 3 heterocycles. The summed E-state index contributed by atoms with van der Waals surface area (Å²) < 4.78 is 0. The number of H-pyrrole nitrogens is 1. The average molecular weight is 313 g/mol. The molecule has 0 radical (unpaired) electrons. The van der Waals surface area contributed by atoms with E-state index < -0.39 is 0 Å². The highest BCUT2D eigenvalue weighted by Gasteiger charge is 2.31. The Morgan fingerprint density at radius 3 is 2.43 bits per heavy atom. The number of rotatable bonds is 2. The van der Waals surface area contributed by atoms with E-state index in [4.69, 9.17) is 0 Å². The van der Waals surface area contributed by atoms with Gasteiger partial charge in [0, 0.05) is 43.0 Å². The Balaban J connectivity index is 1.63. The van der Waals surface area contributed by atoms with Crippen molar-refractivity contribution < 1.29 is 4.79 Å². The van der Waals surface area contributed by atoms with E-state index in [2.05, 4.69) is 19.9 Å². The SMILES string of the molecule is CC(C)(C)C(=O)N1CCC(c2cnc(-c3ncc[nH]3)cn2)CC1. The fourth-order valence-corrected chi connectivity index (χ4v) is 2.93. The molecule has 0 aromatic carbocycles. The summed E-state index contributed by atoms with van der Waals surface area (Å²) in [5.41, 5.74) is 1.44. The monoisotopic (exact) mass is 313 g/mol. The summed E-state index contributed by atoms with van der Waals surface area (Å²) in [6, 6.07) is 0. The standard InChI is InChI=1S/C17H23N5O/c1-17(2,3)16(23)22-8-4-12(5-9-22)13-10-21-14(11-20-13)15-18-6-7-19-15/h6-7,10-12H,4-5,8-9H2,1-3H3,(H,18,19). The molecule has 2 aromatic heterocycles. The van der Waals surface area contributed by atoms with Crippen LogP contribution < -0.4 is 0 Å². The van der Waals surface area contributed by atoms with Crippen LogP contribution in [0.15, 0.2) is 24.8 Å². The molecule has 1 fully saturated rings. The Kier molecular flexibility index (Phi) is 4.15. The number of aromatic amines is 1. The molecular formula is C17H23N5O. The van der Waals surface area contributed by atoms with E-state index in [1.807, 2.05) is 31.9 Å². The Hall–Kier alpha value is -2.24. The number of hydrogen-bond donors (Lipinski definition) is 1. The second-order valence-corrected chi connectivity index (χ2v) is 7.08. The van der Waals surface area contributed by atoms with Crippen LogP contribution in [0.3, 0.4) is 0 Å². The van der Waals surface area contributed by atoms with E-state index in [-0.39, 0.29) is 11.3 Å². The van der Waals surface area contributed by atoms with Gasteiger partial charge in [-0.15, -0.1) is 0 Å². The maximum absolute atomic E-state index is 12.3. The molecule has 0 saturated carbocycles. The van der Waals surface area contributed by atoms with Crippen LogP contribution in [0.25, 0.3) is 11.5 Å². The van der Waals surface area contributed by atoms with Gasteiger partial charge in [0.15, 0.2) is 5.82 Å². The summed E-state index contributed by atoms with van der Waals surface area (Å²) in [6.07, 6.45) is 8.96. The molecule has 2 aromatic rings. The third-order valence-corrected chi connectivity index (χ3v) is 4.25. The smallest absolute Gasteiger partial charge is 0.227 e. The molecule has 6 heteroatoms. The maximum Gasteiger partial charge on any atom is 0.227 e. The summed E-state index contributed by atoms with van der Waals surface area (Å²) in [4.78, 5) is 30.5. The van der Waals surface area contributed by atoms with Gasteiger partial charge in [-0.3, -0.25) is 9.78 Å². The van der Waals surface area contributed by atoms with Gasteiger partial charge in [-0.1, -0.05) is 20.8 Å². The molecule has 0 aliphatic carbocycles. The predicted octanol–water partition coefficient (Wildman–Crippen LogP) is 2.62. The summed E-state index contributed by atoms with van der Waals surface area (Å²) >= 11 is 0. The van der Waals surface area contributed by atoms with Gasteiger partial charge < -0.3 is 9.88 Å². The van der Waals surface area contributed by atoms with Crippen LogP contribution in [0.1, 0.15) is 45.2 Å². The molecule has 1 aliphatic heterocycles. The molecule has 3 rings (SSSR count). The van der Waals surface area contributed by atoms with Crippen molar-refractivity contribution in [2.24, 2.45) is 5.41 Å². The Labute approximate surface area is 136 Å². The number of carbonyl (C=O) groups is 1. The molecule has 0 bridgehead atoms. The first-order valence-corrected chi connectivity index (χ1v) is 8.06. The number of carbonyl (C=O) groups excluding carboxylic acids is 1. The van der Waals surface area contributed by atoms with Crippen molar-refractivity contribution in [3.63, 3.8) is 0 Å². The van der Waals surface area contributed by atoms with E-state index in [0.717, 1.165) is 43.1 Å². The molecule has 0 atom stereocenters. The lowest BCUT2D eigenvalue weighted by molar-refractivity contribution is -0.140. The zero-order chi connectivity index (χ0) is 16.4. The number of amides is 1. The lowest BCUT2D eigenvalue weighted by atomic mass is 9.90. The van der Waals surface area contributed by atoms with Gasteiger partial charge in [0.2, 0.25) is 5.91 Å². The van der Waals surface area contributed by atoms with E-state index in [9.17, 15) is 4.79 Å². The average Bonchev–Trinajstić information content (AvgIpc) is 3.08. The first-order valence-electron chi connectivity index (χ1n) is 8.06. The van der Waals surface area contributed by atoms with Crippen molar-refractivity contribution in [1.82, 2.24) is 24.8 Å². The van der Waals surface area contributed by atoms with Crippen molar-refractivity contribution >= 4 is 5.91 Å². The number of aromatic nitrogens is 4. The maximum atomic E-state index is 12.3. The summed E-state index contributed by atoms with van der Waals surface area (Å²) in [7, 11) is 0. The van der Waals surface area contributed by atoms with Crippen LogP contribution in [0, 0.1) is 5.41 Å². The highest BCUT2D eigenvalue weighted by molar-refractivity contribution is 5.81. The van der Waals surface area contributed by atoms with Gasteiger partial charge in [0.1, 0.15) is 5.69 Å². The third kappa shape index (κ3) is 3.41. The lowest BCUT2D eigenvalue weighted by Gasteiger charge is -2.35. The minimum Gasteiger partial charge on any atom is -0.343 e. The number of likely N-dealkylation sites (tertiary alicyclic amines) is 1. The molecule has 122 valence electrons. The Morgan fingerprint density at radius 2 is 1.91 bits per heavy atom. The van der Waals surface area contributed by atoms with Crippen LogP contribution in [0.4, 0.5) is 0 Å². The van der Waals surface area contributed by atoms with Crippen molar-refractivity contribution in [2.75, 3.05) is 13.1 Å². The zero-order valence-corrected chi connectivity index (χ0v) is 13.9. The van der Waals surface area contributed by atoms with E-state index in [1.54, 1.807) is 18.6 Å². The topological polar surface area (TPSA) is 74.8 Å². The highest BCUT2D eigenvalue weighted by atomic mass is 16.2. The largest absolute Gasteiger partial charge is 0.343 e. The van der Waals surface area contributed by atoms with E-state index in [1.165, 1.54) is 0 Å². The molecule has 0 spiro atoms. The fraction of sp³-hybridized carbons (Fsp3) is 0.529. The number of nitrogens with zero attached hydrogens (tertiary/aromatic N) is 4. The normalized spacial score (nSPS) is 16.6. The fourth-order valence-electron chi connectivity index (χ4n) is 2.93. The second kappa shape index (κ2) is 6.10. The summed E-state index contributed by atoms with van der Waals surface area (Å²) in [5, 5.41) is 0. The molecule has 23 heavy (non-hydrogen) atoms. The number of imidazole rings is 1. The molecule has 1 N–H and O–H groups in total. The molecule has 1 saturated heterocycles. The minimum atomic E-state index is -0.308. The van der Waals surface area contributed by atoms with Gasteiger partial charge >= 0.3 is 0 Å². The van der Waals surface area contributed by atoms with Gasteiger partial charge in [0.25, 0.3) is 0 Å². The molecular weight excluding hydrogens is 290 g/mol. The second-order valence-electron chi connectivity index (χ2n) is 7.08. The van der Waals surface area contributed by atoms with Gasteiger partial charge in [-0.2, -0.15) is 0 Å². The molecule has 1 aliphatic rings. The van der Waals surface area contributed by atoms with Gasteiger partial charge in [-0.25, -0.2) is 9.97 Å². The number of hydrogen-bond acceptors (Lipinski definition) is 4. The van der Waals surface area contributed by atoms with Crippen LogP contribution in [-0.2, 0) is 4.79 Å². The van der Waals surface area contributed by atoms with Crippen LogP contribution in [0.2, 0.25) is 0 Å². The van der Waals surface area contributed by atoms with Crippen molar-refractivity contribution in [3.8, 4) is 11.5 Å². The Bertz CT molecular complexity index is 649. The van der Waals surface area contributed by atoms with E-state index >= 15 is 0 Å². The first-order chi connectivity index (χ1) is 10.9. The summed E-state index contributed by atoms with van der Waals surface area (Å²) in [5.74, 6) is 1.34. The molecule has 6 nitrogen and oxygen atoms in total. The highest BCUT2D eigenvalue weighted by Crippen LogP contribution is 2.29. The van der Waals surface area contributed by atoms with Gasteiger partial charge in [0.05, 0.1) is 11.9 Å². The van der Waals surface area contributed by atoms with E-state index in [0.29, 0.717) is 5.92 Å². The Morgan fingerprint density at radius 1 is 1.17 bits per heavy atom. The molecule has 0 unspecified atom stereocenters. The van der Waals surface area contributed by atoms with Gasteiger partial charge in [-0.05, 0) is 12.8 Å². The summed E-state index contributed by atoms with van der Waals surface area (Å²) in [6.45, 7) is 7.51. The number of nitrogens with one attached hydrogen (secondary N) is 1. The zero-order valence-electron chi connectivity index (χ0n) is 13.9. The van der Waals surface area contributed by atoms with Crippen molar-refractivity contribution in [3.05, 3.63) is 30.5 Å². The minimum absolute atomic E-state index is 0.232. The van der Waals surface area contributed by atoms with Crippen LogP contribution >= 0.6 is 0 Å². The third-order valence-electron chi connectivity index (χ3n) is 4.25. The number of piperidine rings is 1. The quantitative estimate of drug-likeness (QED) is 0.925. The van der Waals surface area contributed by atoms with Crippen LogP contribution in [-0.4, -0.2) is 43.8 Å². The van der Waals surface area contributed by atoms with Crippen molar-refractivity contribution in [2.45, 2.75) is 39.5 Å². The molecule has 1 amide bonds. The lowest BCUT2D eigenvalue weighted by Crippen LogP contribution is -2.43. The predicted molar refractivity (Wildman–Crippen MR) is 87.6 cm³/mol. The first kappa shape index (κ1) is 15.6.